The van der Waals surface area contributed by atoms with Gasteiger partial charge in [0.05, 0.1) is 0 Å². The predicted molar refractivity (Wildman–Crippen MR) is 41.1 cm³/mol. The van der Waals surface area contributed by atoms with Crippen LogP contribution in [0.3, 0.4) is 0 Å². The lowest BCUT2D eigenvalue weighted by molar-refractivity contribution is -0.128. The van der Waals surface area contributed by atoms with Gasteiger partial charge in [-0.05, 0) is 19.8 Å². The lowest BCUT2D eigenvalue weighted by Gasteiger charge is -2.19. The molecular weight excluding hydrogens is 150 g/mol. The highest BCUT2D eigenvalue weighted by Crippen LogP contribution is 2.16. The van der Waals surface area contributed by atoms with Crippen LogP contribution in [-0.2, 0) is 4.79 Å². The highest BCUT2D eigenvalue weighted by Gasteiger charge is 2.23. The zero-order valence-electron chi connectivity index (χ0n) is 6.14. The van der Waals surface area contributed by atoms with Crippen molar-refractivity contribution in [3.8, 4) is 0 Å². The van der Waals surface area contributed by atoms with Gasteiger partial charge in [0.1, 0.15) is 5.88 Å². The molecule has 1 fully saturated rings. The second-order valence-electron chi connectivity index (χ2n) is 2.71. The number of likely N-dealkylation sites (tertiary alicyclic amines) is 1. The third kappa shape index (κ3) is 1.43. The number of hydrogen-bond donors (Lipinski definition) is 0. The van der Waals surface area contributed by atoms with Gasteiger partial charge < -0.3 is 4.90 Å². The smallest absolute Gasteiger partial charge is 0.237 e. The molecule has 3 heteroatoms. The summed E-state index contributed by atoms with van der Waals surface area (Å²) in [6.45, 7) is 2.96. The zero-order valence-corrected chi connectivity index (χ0v) is 6.90. The molecular formula is C7H12ClNO. The maximum absolute atomic E-state index is 11.0. The Labute approximate surface area is 66.1 Å². The third-order valence-corrected chi connectivity index (χ3v) is 2.22. The van der Waals surface area contributed by atoms with E-state index in [0.717, 1.165) is 19.4 Å². The minimum atomic E-state index is 0.0756. The lowest BCUT2D eigenvalue weighted by atomic mass is 10.2. The summed E-state index contributed by atoms with van der Waals surface area (Å²) in [5.74, 6) is 0.205. The van der Waals surface area contributed by atoms with E-state index in [0.29, 0.717) is 6.04 Å². The molecule has 0 unspecified atom stereocenters. The summed E-state index contributed by atoms with van der Waals surface area (Å²) in [4.78, 5) is 12.9. The number of hydrogen-bond acceptors (Lipinski definition) is 1. The fraction of sp³-hybridized carbons (Fsp3) is 0.857. The summed E-state index contributed by atoms with van der Waals surface area (Å²) in [5, 5.41) is 0. The number of rotatable bonds is 1. The number of carbonyl (C=O) groups excluding carboxylic acids is 1. The van der Waals surface area contributed by atoms with Gasteiger partial charge in [-0.25, -0.2) is 0 Å². The summed E-state index contributed by atoms with van der Waals surface area (Å²) in [7, 11) is 0. The van der Waals surface area contributed by atoms with Gasteiger partial charge in [-0.1, -0.05) is 0 Å². The van der Waals surface area contributed by atoms with Crippen LogP contribution in [0.4, 0.5) is 0 Å². The lowest BCUT2D eigenvalue weighted by Crippen LogP contribution is -2.34. The maximum Gasteiger partial charge on any atom is 0.237 e. The largest absolute Gasteiger partial charge is 0.339 e. The molecule has 10 heavy (non-hydrogen) atoms. The van der Waals surface area contributed by atoms with Crippen LogP contribution in [0.25, 0.3) is 0 Å². The first-order valence-corrected chi connectivity index (χ1v) is 4.14. The van der Waals surface area contributed by atoms with Gasteiger partial charge in [0.25, 0.3) is 0 Å². The quantitative estimate of drug-likeness (QED) is 0.530. The molecule has 0 aromatic carbocycles. The molecule has 2 nitrogen and oxygen atoms in total. The van der Waals surface area contributed by atoms with Gasteiger partial charge in [0.15, 0.2) is 0 Å². The highest BCUT2D eigenvalue weighted by atomic mass is 35.5. The first-order valence-electron chi connectivity index (χ1n) is 3.61. The van der Waals surface area contributed by atoms with Crippen LogP contribution in [0, 0.1) is 0 Å². The van der Waals surface area contributed by atoms with Crippen molar-refractivity contribution in [3.63, 3.8) is 0 Å². The van der Waals surface area contributed by atoms with Crippen molar-refractivity contribution in [2.75, 3.05) is 12.4 Å². The monoisotopic (exact) mass is 161 g/mol. The fourth-order valence-corrected chi connectivity index (χ4v) is 1.53. The Kier molecular flexibility index (Phi) is 2.55. The number of alkyl halides is 1. The van der Waals surface area contributed by atoms with E-state index >= 15 is 0 Å². The molecule has 0 radical (unpaired) electrons. The second-order valence-corrected chi connectivity index (χ2v) is 2.98. The van der Waals surface area contributed by atoms with Crippen LogP contribution in [0.1, 0.15) is 19.8 Å². The van der Waals surface area contributed by atoms with Crippen molar-refractivity contribution in [2.24, 2.45) is 0 Å². The van der Waals surface area contributed by atoms with Crippen molar-refractivity contribution < 1.29 is 4.79 Å². The van der Waals surface area contributed by atoms with Gasteiger partial charge in [-0.3, -0.25) is 4.79 Å². The number of halogens is 1. The molecule has 0 bridgehead atoms. The molecule has 0 spiro atoms. The van der Waals surface area contributed by atoms with Crippen molar-refractivity contribution in [3.05, 3.63) is 0 Å². The summed E-state index contributed by atoms with van der Waals surface area (Å²) >= 11 is 5.41. The van der Waals surface area contributed by atoms with Crippen molar-refractivity contribution in [2.45, 2.75) is 25.8 Å². The van der Waals surface area contributed by atoms with Crippen LogP contribution in [0.15, 0.2) is 0 Å². The fourth-order valence-electron chi connectivity index (χ4n) is 1.38. The molecule has 1 atom stereocenters. The van der Waals surface area contributed by atoms with Crippen LogP contribution in [-0.4, -0.2) is 29.3 Å². The van der Waals surface area contributed by atoms with E-state index < -0.39 is 0 Å². The van der Waals surface area contributed by atoms with Gasteiger partial charge in [0, 0.05) is 12.6 Å². The standard InChI is InChI=1S/C7H12ClNO/c1-6-3-2-4-9(6)7(10)5-8/h6H,2-5H2,1H3/t6-/m1/s1. The third-order valence-electron chi connectivity index (χ3n) is 1.99. The van der Waals surface area contributed by atoms with Gasteiger partial charge >= 0.3 is 0 Å². The Bertz CT molecular complexity index is 138. The predicted octanol–water partition coefficient (Wildman–Crippen LogP) is 1.24. The summed E-state index contributed by atoms with van der Waals surface area (Å²) in [5.41, 5.74) is 0. The first-order chi connectivity index (χ1) is 4.75. The SMILES string of the molecule is C[C@@H]1CCCN1C(=O)CCl. The minimum absolute atomic E-state index is 0.0756. The van der Waals surface area contributed by atoms with Crippen LogP contribution in [0.5, 0.6) is 0 Å². The number of carbonyl (C=O) groups is 1. The molecule has 1 heterocycles. The van der Waals surface area contributed by atoms with E-state index in [2.05, 4.69) is 6.92 Å². The Hall–Kier alpha value is -0.240. The molecule has 58 valence electrons. The molecule has 0 aromatic heterocycles. The maximum atomic E-state index is 11.0. The Balaban J connectivity index is 2.46. The van der Waals surface area contributed by atoms with E-state index in [4.69, 9.17) is 11.6 Å². The zero-order chi connectivity index (χ0) is 7.56. The summed E-state index contributed by atoms with van der Waals surface area (Å²) < 4.78 is 0. The van der Waals surface area contributed by atoms with E-state index in [9.17, 15) is 4.79 Å². The molecule has 1 aliphatic rings. The average Bonchev–Trinajstić information content (AvgIpc) is 2.34. The molecule has 0 aliphatic carbocycles. The Morgan fingerprint density at radius 2 is 2.50 bits per heavy atom. The first kappa shape index (κ1) is 7.86. The highest BCUT2D eigenvalue weighted by molar-refractivity contribution is 6.27. The molecule has 0 N–H and O–H groups in total. The van der Waals surface area contributed by atoms with Gasteiger partial charge in [0.2, 0.25) is 5.91 Å². The molecule has 0 saturated carbocycles. The molecule has 1 aliphatic heterocycles. The van der Waals surface area contributed by atoms with E-state index in [1.807, 2.05) is 4.90 Å². The van der Waals surface area contributed by atoms with Crippen molar-refractivity contribution in [1.29, 1.82) is 0 Å². The van der Waals surface area contributed by atoms with E-state index in [1.54, 1.807) is 0 Å². The Morgan fingerprint density at radius 1 is 1.80 bits per heavy atom. The van der Waals surface area contributed by atoms with Crippen LogP contribution in [0.2, 0.25) is 0 Å². The molecule has 1 rings (SSSR count). The summed E-state index contributed by atoms with van der Waals surface area (Å²) in [6, 6.07) is 0.409. The summed E-state index contributed by atoms with van der Waals surface area (Å²) in [6.07, 6.45) is 2.26. The van der Waals surface area contributed by atoms with Gasteiger partial charge in [-0.15, -0.1) is 11.6 Å². The Morgan fingerprint density at radius 3 is 2.90 bits per heavy atom. The van der Waals surface area contributed by atoms with E-state index in [1.165, 1.54) is 0 Å². The molecule has 1 saturated heterocycles. The van der Waals surface area contributed by atoms with Crippen molar-refractivity contribution in [1.82, 2.24) is 4.90 Å². The minimum Gasteiger partial charge on any atom is -0.339 e. The topological polar surface area (TPSA) is 20.3 Å². The van der Waals surface area contributed by atoms with Crippen molar-refractivity contribution >= 4 is 17.5 Å². The molecule has 1 amide bonds. The number of amides is 1. The number of nitrogens with zero attached hydrogens (tertiary/aromatic N) is 1. The normalized spacial score (nSPS) is 25.4. The van der Waals surface area contributed by atoms with Crippen LogP contribution >= 0.6 is 11.6 Å². The second kappa shape index (κ2) is 3.24. The molecule has 0 aromatic rings. The van der Waals surface area contributed by atoms with Crippen LogP contribution < -0.4 is 0 Å². The van der Waals surface area contributed by atoms with Gasteiger partial charge in [-0.2, -0.15) is 0 Å². The van der Waals surface area contributed by atoms with E-state index in [-0.39, 0.29) is 11.8 Å². The average molecular weight is 162 g/mol.